The maximum absolute atomic E-state index is 9.39. The van der Waals surface area contributed by atoms with Gasteiger partial charge in [-0.15, -0.1) is 0 Å². The molecule has 0 radical (unpaired) electrons. The SMILES string of the molecule is C[As](=O)(O)O.C[As](=O)([O-])[O-].[Na+].[Na+]. The van der Waals surface area contributed by atoms with E-state index >= 15 is 0 Å². The van der Waals surface area contributed by atoms with Gasteiger partial charge in [0.05, 0.1) is 0 Å². The van der Waals surface area contributed by atoms with Crippen molar-refractivity contribution in [3.8, 4) is 0 Å². The Labute approximate surface area is 121 Å². The third-order valence-electron chi connectivity index (χ3n) is 0. The van der Waals surface area contributed by atoms with Gasteiger partial charge >= 0.3 is 123 Å². The summed E-state index contributed by atoms with van der Waals surface area (Å²) in [5.41, 5.74) is 1.61. The maximum Gasteiger partial charge on any atom is 1.00 e. The molecule has 0 saturated heterocycles. The fourth-order valence-corrected chi connectivity index (χ4v) is 0. The van der Waals surface area contributed by atoms with Crippen molar-refractivity contribution in [1.29, 1.82) is 0 Å². The summed E-state index contributed by atoms with van der Waals surface area (Å²) in [6.45, 7) is 0. The van der Waals surface area contributed by atoms with E-state index in [1.165, 1.54) is 0 Å². The third kappa shape index (κ3) is 257. The molecule has 0 heterocycles. The van der Waals surface area contributed by atoms with Crippen LogP contribution in [-0.4, -0.2) is 36.5 Å². The summed E-state index contributed by atoms with van der Waals surface area (Å²) in [7, 11) is 0. The smallest absolute Gasteiger partial charge is 1.00 e. The second-order valence-corrected chi connectivity index (χ2v) is 8.35. The Kier molecular flexibility index (Phi) is 20.2. The van der Waals surface area contributed by atoms with E-state index in [2.05, 4.69) is 0 Å². The van der Waals surface area contributed by atoms with Gasteiger partial charge in [-0.3, -0.25) is 0 Å². The van der Waals surface area contributed by atoms with Gasteiger partial charge in [-0.1, -0.05) is 0 Å². The summed E-state index contributed by atoms with van der Waals surface area (Å²) in [6.07, 6.45) is 0. The molecule has 0 aliphatic rings. The van der Waals surface area contributed by atoms with Gasteiger partial charge in [0.1, 0.15) is 0 Å². The van der Waals surface area contributed by atoms with Crippen molar-refractivity contribution in [3.63, 3.8) is 0 Å². The summed E-state index contributed by atoms with van der Waals surface area (Å²) in [6, 6.07) is 0. The fourth-order valence-electron chi connectivity index (χ4n) is 0. The molecule has 0 amide bonds. The monoisotopic (exact) mass is 324 g/mol. The van der Waals surface area contributed by atoms with Crippen molar-refractivity contribution < 1.29 is 83.0 Å². The van der Waals surface area contributed by atoms with Crippen molar-refractivity contribution in [3.05, 3.63) is 0 Å². The molecule has 0 aromatic rings. The Morgan fingerprint density at radius 3 is 1.00 bits per heavy atom. The minimum Gasteiger partial charge on any atom is 1.00 e. The van der Waals surface area contributed by atoms with Crippen LogP contribution in [0.15, 0.2) is 0 Å². The first-order valence-corrected chi connectivity index (χ1v) is 10.5. The van der Waals surface area contributed by atoms with Crippen LogP contribution < -0.4 is 67.3 Å². The van der Waals surface area contributed by atoms with Crippen LogP contribution in [0.1, 0.15) is 0 Å². The zero-order valence-corrected chi connectivity index (χ0v) is 15.2. The second-order valence-electron chi connectivity index (χ2n) is 1.61. The summed E-state index contributed by atoms with van der Waals surface area (Å²) in [4.78, 5) is 0. The first kappa shape index (κ1) is 24.0. The predicted molar refractivity (Wildman–Crippen MR) is 29.0 cm³/mol. The van der Waals surface area contributed by atoms with Crippen LogP contribution >= 0.6 is 0 Å². The Hall–Kier alpha value is 2.56. The standard InChI is InChI=1S/2CH5AsO3.2Na/c2*1-2(3,4)5;;/h2*1H3,(H2,3,4,5);;/q;;2*+1/p-2. The largest absolute Gasteiger partial charge is 1.00 e. The molecule has 0 rings (SSSR count). The molecule has 0 atom stereocenters. The summed E-state index contributed by atoms with van der Waals surface area (Å²) in [5.74, 6) is 0. The zero-order chi connectivity index (χ0) is 9.00. The Balaban J connectivity index is -0.0000000457. The van der Waals surface area contributed by atoms with Crippen molar-refractivity contribution in [1.82, 2.24) is 0 Å². The molecule has 0 unspecified atom stereocenters. The van der Waals surface area contributed by atoms with Gasteiger partial charge in [0.15, 0.2) is 0 Å². The Bertz CT molecular complexity index is 134. The van der Waals surface area contributed by atoms with Gasteiger partial charge in [-0.25, -0.2) is 0 Å². The molecule has 10 heteroatoms. The van der Waals surface area contributed by atoms with E-state index < -0.39 is 28.3 Å². The van der Waals surface area contributed by atoms with E-state index in [-0.39, 0.29) is 59.1 Å². The van der Waals surface area contributed by atoms with Crippen molar-refractivity contribution in [2.45, 2.75) is 11.4 Å². The van der Waals surface area contributed by atoms with E-state index in [0.717, 1.165) is 5.71 Å². The molecule has 0 aromatic carbocycles. The van der Waals surface area contributed by atoms with Crippen molar-refractivity contribution >= 4 is 28.3 Å². The molecular formula is C2H8As2Na2O6. The molecule has 2 N–H and O–H groups in total. The number of hydrogen-bond acceptors (Lipinski definition) is 4. The van der Waals surface area contributed by atoms with E-state index in [1.807, 2.05) is 0 Å². The van der Waals surface area contributed by atoms with Crippen molar-refractivity contribution in [2.24, 2.45) is 0 Å². The number of rotatable bonds is 0. The minimum absolute atomic E-state index is 0. The average Bonchev–Trinajstić information content (AvgIpc) is 1.12. The van der Waals surface area contributed by atoms with Crippen LogP contribution in [0.3, 0.4) is 0 Å². The van der Waals surface area contributed by atoms with Crippen LogP contribution in [0.2, 0.25) is 11.4 Å². The maximum atomic E-state index is 9.39. The quantitative estimate of drug-likeness (QED) is 0.427. The molecule has 6 nitrogen and oxygen atoms in total. The minimum atomic E-state index is -4.62. The van der Waals surface area contributed by atoms with Crippen LogP contribution in [0.5, 0.6) is 0 Å². The third-order valence-corrected chi connectivity index (χ3v) is 0. The molecule has 0 aromatic heterocycles. The van der Waals surface area contributed by atoms with Gasteiger partial charge in [0, 0.05) is 0 Å². The predicted octanol–water partition coefficient (Wildman–Crippen LogP) is -9.32. The molecule has 64 valence electrons. The van der Waals surface area contributed by atoms with Crippen LogP contribution in [-0.2, 0) is 7.48 Å². The second kappa shape index (κ2) is 10.1. The summed E-state index contributed by atoms with van der Waals surface area (Å²) in [5, 5.41) is 0. The van der Waals surface area contributed by atoms with E-state index in [9.17, 15) is 3.74 Å². The molecule has 0 spiro atoms. The van der Waals surface area contributed by atoms with Crippen LogP contribution in [0, 0.1) is 0 Å². The van der Waals surface area contributed by atoms with E-state index in [0.29, 0.717) is 5.71 Å². The first-order valence-electron chi connectivity index (χ1n) is 2.02. The molecule has 12 heavy (non-hydrogen) atoms. The van der Waals surface area contributed by atoms with Crippen LogP contribution in [0.4, 0.5) is 0 Å². The van der Waals surface area contributed by atoms with E-state index in [4.69, 9.17) is 20.1 Å². The Morgan fingerprint density at radius 2 is 1.00 bits per heavy atom. The van der Waals surface area contributed by atoms with E-state index in [1.54, 1.807) is 0 Å². The molecule has 0 fully saturated rings. The average molecular weight is 324 g/mol. The summed E-state index contributed by atoms with van der Waals surface area (Å²) < 4.78 is 52.3. The molecule has 0 saturated carbocycles. The van der Waals surface area contributed by atoms with Crippen molar-refractivity contribution in [2.75, 3.05) is 0 Å². The zero-order valence-electron chi connectivity index (χ0n) is 7.42. The molecule has 0 bridgehead atoms. The van der Waals surface area contributed by atoms with Gasteiger partial charge in [0.25, 0.3) is 0 Å². The normalized spacial score (nSPS) is 9.83. The van der Waals surface area contributed by atoms with Gasteiger partial charge in [0.2, 0.25) is 0 Å². The summed E-state index contributed by atoms with van der Waals surface area (Å²) >= 11 is -8.75. The fraction of sp³-hybridized carbons (Fsp3) is 1.00. The van der Waals surface area contributed by atoms with Gasteiger partial charge < -0.3 is 0 Å². The topological polar surface area (TPSA) is 121 Å². The molecular weight excluding hydrogens is 316 g/mol. The molecule has 0 aliphatic heterocycles. The first-order chi connectivity index (χ1) is 4.00. The number of hydrogen-bond donors (Lipinski definition) is 2. The molecule has 0 aliphatic carbocycles. The van der Waals surface area contributed by atoms with Gasteiger partial charge in [-0.2, -0.15) is 0 Å². The van der Waals surface area contributed by atoms with Crippen LogP contribution in [0.25, 0.3) is 0 Å². The van der Waals surface area contributed by atoms with Gasteiger partial charge in [-0.05, 0) is 0 Å². The Morgan fingerprint density at radius 1 is 1.00 bits per heavy atom.